The molecular formula is C27H21NO4. The minimum Gasteiger partial charge on any atom is -0.497 e. The molecule has 5 heteroatoms. The first-order valence-electron chi connectivity index (χ1n) is 10.7. The molecule has 0 N–H and O–H groups in total. The van der Waals surface area contributed by atoms with Crippen molar-refractivity contribution in [1.29, 1.82) is 0 Å². The Morgan fingerprint density at radius 2 is 1.50 bits per heavy atom. The van der Waals surface area contributed by atoms with Crippen LogP contribution in [0.15, 0.2) is 72.8 Å². The number of ketones is 1. The molecule has 3 aromatic carbocycles. The number of Topliss-reactive ketones (excluding diaryl/α,β-unsaturated/α-hetero) is 1. The summed E-state index contributed by atoms with van der Waals surface area (Å²) in [6.45, 7) is 1.54. The largest absolute Gasteiger partial charge is 0.497 e. The number of ether oxygens (including phenoxy) is 1. The highest BCUT2D eigenvalue weighted by Crippen LogP contribution is 2.64. The van der Waals surface area contributed by atoms with E-state index in [1.807, 2.05) is 48.5 Å². The molecule has 0 saturated carbocycles. The number of methoxy groups -OCH3 is 1. The maximum absolute atomic E-state index is 14.0. The Morgan fingerprint density at radius 3 is 2.09 bits per heavy atom. The Kier molecular flexibility index (Phi) is 3.79. The Hall–Kier alpha value is -3.73. The third kappa shape index (κ3) is 2.06. The molecule has 3 aliphatic carbocycles. The zero-order valence-corrected chi connectivity index (χ0v) is 17.7. The number of amides is 2. The van der Waals surface area contributed by atoms with Crippen molar-refractivity contribution >= 4 is 23.3 Å². The average Bonchev–Trinajstić information content (AvgIpc) is 3.09. The first kappa shape index (κ1) is 19.0. The number of benzene rings is 3. The van der Waals surface area contributed by atoms with E-state index in [9.17, 15) is 14.4 Å². The monoisotopic (exact) mass is 423 g/mol. The number of anilines is 1. The third-order valence-electron chi connectivity index (χ3n) is 7.48. The van der Waals surface area contributed by atoms with Crippen LogP contribution < -0.4 is 9.64 Å². The molecule has 5 nitrogen and oxygen atoms in total. The van der Waals surface area contributed by atoms with Gasteiger partial charge in [0.2, 0.25) is 11.8 Å². The lowest BCUT2D eigenvalue weighted by atomic mass is 9.46. The van der Waals surface area contributed by atoms with E-state index in [0.717, 1.165) is 22.3 Å². The van der Waals surface area contributed by atoms with Gasteiger partial charge >= 0.3 is 0 Å². The van der Waals surface area contributed by atoms with E-state index >= 15 is 0 Å². The summed E-state index contributed by atoms with van der Waals surface area (Å²) in [5, 5.41) is 0. The third-order valence-corrected chi connectivity index (χ3v) is 7.48. The Morgan fingerprint density at radius 1 is 0.875 bits per heavy atom. The van der Waals surface area contributed by atoms with Crippen LogP contribution >= 0.6 is 0 Å². The summed E-state index contributed by atoms with van der Waals surface area (Å²) < 4.78 is 5.31. The molecule has 158 valence electrons. The standard InChI is InChI=1S/C27H21NO4/c1-15(29)27-20-12-5-3-10-18(20)22(19-11-4-6-13-21(19)27)23-24(27)26(31)28(25(23)30)16-8-7-9-17(14-16)32-2/h3-14,22-24H,1-2H3/t22?,23-,24+,27?/m1/s1. The molecule has 7 rings (SSSR count). The molecule has 1 aliphatic heterocycles. The molecule has 2 bridgehead atoms. The van der Waals surface area contributed by atoms with E-state index in [1.54, 1.807) is 38.3 Å². The van der Waals surface area contributed by atoms with Crippen LogP contribution in [0.4, 0.5) is 5.69 Å². The molecule has 1 heterocycles. The molecule has 4 aliphatic rings. The zero-order chi connectivity index (χ0) is 22.2. The molecule has 0 unspecified atom stereocenters. The fourth-order valence-corrected chi connectivity index (χ4v) is 6.37. The molecule has 0 aromatic heterocycles. The molecule has 32 heavy (non-hydrogen) atoms. The summed E-state index contributed by atoms with van der Waals surface area (Å²) in [5.41, 5.74) is 2.94. The first-order chi connectivity index (χ1) is 15.5. The van der Waals surface area contributed by atoms with Crippen LogP contribution in [0, 0.1) is 11.8 Å². The van der Waals surface area contributed by atoms with Gasteiger partial charge in [-0.1, -0.05) is 54.6 Å². The van der Waals surface area contributed by atoms with Crippen LogP contribution in [0.5, 0.6) is 5.75 Å². The zero-order valence-electron chi connectivity index (χ0n) is 17.7. The van der Waals surface area contributed by atoms with Crippen molar-refractivity contribution in [2.45, 2.75) is 18.3 Å². The summed E-state index contributed by atoms with van der Waals surface area (Å²) in [7, 11) is 1.55. The van der Waals surface area contributed by atoms with Crippen molar-refractivity contribution in [2.24, 2.45) is 11.8 Å². The van der Waals surface area contributed by atoms with Crippen LogP contribution in [0.3, 0.4) is 0 Å². The molecule has 3 aromatic rings. The molecule has 0 radical (unpaired) electrons. The maximum Gasteiger partial charge on any atom is 0.239 e. The van der Waals surface area contributed by atoms with Gasteiger partial charge in [-0.3, -0.25) is 14.4 Å². The van der Waals surface area contributed by atoms with E-state index < -0.39 is 17.3 Å². The second-order valence-electron chi connectivity index (χ2n) is 8.73. The van der Waals surface area contributed by atoms with Gasteiger partial charge < -0.3 is 4.74 Å². The second-order valence-corrected chi connectivity index (χ2v) is 8.73. The van der Waals surface area contributed by atoms with Gasteiger partial charge in [0, 0.05) is 12.0 Å². The number of carbonyl (C=O) groups is 3. The number of hydrogen-bond donors (Lipinski definition) is 0. The molecule has 1 fully saturated rings. The lowest BCUT2D eigenvalue weighted by Crippen LogP contribution is -2.57. The second kappa shape index (κ2) is 6.39. The highest BCUT2D eigenvalue weighted by Gasteiger charge is 2.69. The lowest BCUT2D eigenvalue weighted by Gasteiger charge is -2.52. The summed E-state index contributed by atoms with van der Waals surface area (Å²) in [4.78, 5) is 42.7. The summed E-state index contributed by atoms with van der Waals surface area (Å²) in [6, 6.07) is 22.5. The van der Waals surface area contributed by atoms with Gasteiger partial charge in [-0.05, 0) is 41.3 Å². The van der Waals surface area contributed by atoms with E-state index in [4.69, 9.17) is 4.74 Å². The van der Waals surface area contributed by atoms with Crippen LogP contribution in [0.2, 0.25) is 0 Å². The van der Waals surface area contributed by atoms with Gasteiger partial charge in [0.25, 0.3) is 0 Å². The van der Waals surface area contributed by atoms with Gasteiger partial charge in [0.05, 0.1) is 30.0 Å². The van der Waals surface area contributed by atoms with Crippen LogP contribution in [-0.4, -0.2) is 24.7 Å². The Bertz CT molecular complexity index is 1280. The van der Waals surface area contributed by atoms with Crippen molar-refractivity contribution in [1.82, 2.24) is 0 Å². The van der Waals surface area contributed by atoms with Gasteiger partial charge in [-0.25, -0.2) is 4.90 Å². The van der Waals surface area contributed by atoms with Crippen molar-refractivity contribution < 1.29 is 19.1 Å². The highest BCUT2D eigenvalue weighted by molar-refractivity contribution is 6.25. The predicted octanol–water partition coefficient (Wildman–Crippen LogP) is 3.84. The SMILES string of the molecule is COc1cccc(N2C(=O)[C@@H]3C4c5ccccc5C(C(C)=O)(c5ccccc54)[C@@H]3C2=O)c1. The molecule has 1 saturated heterocycles. The number of rotatable bonds is 3. The van der Waals surface area contributed by atoms with Crippen LogP contribution in [0.25, 0.3) is 0 Å². The number of hydrogen-bond acceptors (Lipinski definition) is 4. The smallest absolute Gasteiger partial charge is 0.239 e. The molecule has 2 amide bonds. The van der Waals surface area contributed by atoms with E-state index in [1.165, 1.54) is 4.90 Å². The maximum atomic E-state index is 14.0. The van der Waals surface area contributed by atoms with Crippen molar-refractivity contribution in [3.05, 3.63) is 95.1 Å². The van der Waals surface area contributed by atoms with Crippen molar-refractivity contribution in [3.63, 3.8) is 0 Å². The van der Waals surface area contributed by atoms with Crippen LogP contribution in [-0.2, 0) is 19.8 Å². The van der Waals surface area contributed by atoms with E-state index in [2.05, 4.69) is 0 Å². The van der Waals surface area contributed by atoms with Crippen molar-refractivity contribution in [3.8, 4) is 5.75 Å². The lowest BCUT2D eigenvalue weighted by molar-refractivity contribution is -0.132. The summed E-state index contributed by atoms with van der Waals surface area (Å²) in [5.74, 6) is -1.78. The van der Waals surface area contributed by atoms with Gasteiger partial charge in [0.1, 0.15) is 11.5 Å². The summed E-state index contributed by atoms with van der Waals surface area (Å²) >= 11 is 0. The van der Waals surface area contributed by atoms with Gasteiger partial charge in [0.15, 0.2) is 0 Å². The molecular weight excluding hydrogens is 402 g/mol. The van der Waals surface area contributed by atoms with Crippen LogP contribution in [0.1, 0.15) is 35.1 Å². The number of nitrogens with zero attached hydrogens (tertiary/aromatic N) is 1. The summed E-state index contributed by atoms with van der Waals surface area (Å²) in [6.07, 6.45) is 0. The normalized spacial score (nSPS) is 27.1. The van der Waals surface area contributed by atoms with Gasteiger partial charge in [-0.15, -0.1) is 0 Å². The van der Waals surface area contributed by atoms with Gasteiger partial charge in [-0.2, -0.15) is 0 Å². The minimum atomic E-state index is -1.17. The predicted molar refractivity (Wildman–Crippen MR) is 119 cm³/mol. The van der Waals surface area contributed by atoms with E-state index in [-0.39, 0.29) is 23.5 Å². The minimum absolute atomic E-state index is 0.112. The quantitative estimate of drug-likeness (QED) is 0.601. The Labute approximate surface area is 185 Å². The number of imide groups is 1. The fraction of sp³-hybridized carbons (Fsp3) is 0.222. The number of carbonyl (C=O) groups excluding carboxylic acids is 3. The fourth-order valence-electron chi connectivity index (χ4n) is 6.37. The van der Waals surface area contributed by atoms with E-state index in [0.29, 0.717) is 11.4 Å². The van der Waals surface area contributed by atoms with Crippen molar-refractivity contribution in [2.75, 3.05) is 12.0 Å². The topological polar surface area (TPSA) is 63.7 Å². The Balaban J connectivity index is 1.65. The average molecular weight is 423 g/mol. The molecule has 2 atom stereocenters. The molecule has 0 spiro atoms. The highest BCUT2D eigenvalue weighted by atomic mass is 16.5. The first-order valence-corrected chi connectivity index (χ1v) is 10.7.